The summed E-state index contributed by atoms with van der Waals surface area (Å²) in [6, 6.07) is 14.4. The second kappa shape index (κ2) is 8.28. The highest BCUT2D eigenvalue weighted by Crippen LogP contribution is 2.32. The molecule has 2 saturated heterocycles. The summed E-state index contributed by atoms with van der Waals surface area (Å²) < 4.78 is 35.6. The Kier molecular flexibility index (Phi) is 5.71. The maximum Gasteiger partial charge on any atom is 0.241 e. The van der Waals surface area contributed by atoms with Crippen LogP contribution in [0.4, 0.5) is 5.69 Å². The van der Waals surface area contributed by atoms with Crippen molar-refractivity contribution in [3.63, 3.8) is 0 Å². The van der Waals surface area contributed by atoms with Crippen LogP contribution in [0.15, 0.2) is 48.5 Å². The molecule has 2 fully saturated rings. The third kappa shape index (κ3) is 4.02. The summed E-state index contributed by atoms with van der Waals surface area (Å²) in [5.74, 6) is 1.47. The van der Waals surface area contributed by atoms with Crippen molar-refractivity contribution in [3.05, 3.63) is 54.1 Å². The molecule has 2 aromatic carbocycles. The molecule has 2 heterocycles. The van der Waals surface area contributed by atoms with E-state index in [1.807, 2.05) is 41.3 Å². The lowest BCUT2D eigenvalue weighted by Gasteiger charge is -2.43. The molecule has 0 saturated carbocycles. The standard InChI is InChI=1S/C22H26N2O5S/c1-28-18-9-7-17(8-10-18)24-20-15-30(26,27)14-19(20)23(13-22(24)25)12-11-16-5-3-4-6-21(16)29-2/h3-10,19-20H,11-15H2,1-2H3/t19-,20+/m1/s1. The number of sulfone groups is 1. The van der Waals surface area contributed by atoms with Crippen molar-refractivity contribution in [2.75, 3.05) is 43.7 Å². The van der Waals surface area contributed by atoms with Gasteiger partial charge in [0, 0.05) is 18.3 Å². The van der Waals surface area contributed by atoms with E-state index in [-0.39, 0.29) is 36.0 Å². The number of nitrogens with zero attached hydrogens (tertiary/aromatic N) is 2. The molecule has 1 amide bonds. The van der Waals surface area contributed by atoms with E-state index in [9.17, 15) is 13.2 Å². The van der Waals surface area contributed by atoms with E-state index in [1.54, 1.807) is 31.3 Å². The molecule has 8 heteroatoms. The lowest BCUT2D eigenvalue weighted by Crippen LogP contribution is -2.62. The summed E-state index contributed by atoms with van der Waals surface area (Å²) in [5.41, 5.74) is 1.75. The number of carbonyl (C=O) groups excluding carboxylic acids is 1. The van der Waals surface area contributed by atoms with Crippen LogP contribution in [-0.4, -0.2) is 70.1 Å². The Morgan fingerprint density at radius 2 is 1.67 bits per heavy atom. The number of hydrogen-bond donors (Lipinski definition) is 0. The summed E-state index contributed by atoms with van der Waals surface area (Å²) >= 11 is 0. The van der Waals surface area contributed by atoms with Gasteiger partial charge in [-0.05, 0) is 42.3 Å². The summed E-state index contributed by atoms with van der Waals surface area (Å²) in [6.07, 6.45) is 0.684. The molecule has 30 heavy (non-hydrogen) atoms. The molecule has 2 aliphatic rings. The van der Waals surface area contributed by atoms with Crippen molar-refractivity contribution in [3.8, 4) is 11.5 Å². The van der Waals surface area contributed by atoms with Crippen molar-refractivity contribution >= 4 is 21.4 Å². The lowest BCUT2D eigenvalue weighted by molar-refractivity contribution is -0.123. The molecule has 2 atom stereocenters. The molecule has 4 rings (SSSR count). The average Bonchev–Trinajstić information content (AvgIpc) is 3.07. The molecule has 0 unspecified atom stereocenters. The van der Waals surface area contributed by atoms with Crippen LogP contribution in [0.5, 0.6) is 11.5 Å². The predicted molar refractivity (Wildman–Crippen MR) is 115 cm³/mol. The first-order valence-electron chi connectivity index (χ1n) is 9.94. The Morgan fingerprint density at radius 3 is 2.37 bits per heavy atom. The molecule has 2 aromatic rings. The fraction of sp³-hybridized carbons (Fsp3) is 0.409. The second-order valence-electron chi connectivity index (χ2n) is 7.71. The smallest absolute Gasteiger partial charge is 0.241 e. The highest BCUT2D eigenvalue weighted by molar-refractivity contribution is 7.91. The molecule has 0 radical (unpaired) electrons. The number of methoxy groups -OCH3 is 2. The number of ether oxygens (including phenoxy) is 2. The van der Waals surface area contributed by atoms with Gasteiger partial charge >= 0.3 is 0 Å². The summed E-state index contributed by atoms with van der Waals surface area (Å²) in [7, 11) is -0.00158. The molecular formula is C22H26N2O5S. The number of rotatable bonds is 6. The van der Waals surface area contributed by atoms with Crippen LogP contribution in [0, 0.1) is 0 Å². The van der Waals surface area contributed by atoms with E-state index in [1.165, 1.54) is 0 Å². The number of benzene rings is 2. The van der Waals surface area contributed by atoms with Crippen molar-refractivity contribution in [1.29, 1.82) is 0 Å². The molecule has 0 aliphatic carbocycles. The summed E-state index contributed by atoms with van der Waals surface area (Å²) in [4.78, 5) is 16.8. The minimum absolute atomic E-state index is 0.0133. The summed E-state index contributed by atoms with van der Waals surface area (Å²) in [6.45, 7) is 0.789. The first kappa shape index (κ1) is 20.7. The van der Waals surface area contributed by atoms with Gasteiger partial charge in [0.25, 0.3) is 0 Å². The monoisotopic (exact) mass is 430 g/mol. The molecule has 160 valence electrons. The number of amides is 1. The molecule has 0 bridgehead atoms. The third-order valence-electron chi connectivity index (χ3n) is 5.91. The van der Waals surface area contributed by atoms with Crippen LogP contribution >= 0.6 is 0 Å². The Bertz CT molecular complexity index is 1020. The maximum atomic E-state index is 13.1. The van der Waals surface area contributed by atoms with Crippen LogP contribution in [-0.2, 0) is 21.1 Å². The first-order valence-corrected chi connectivity index (χ1v) is 11.8. The van der Waals surface area contributed by atoms with Crippen LogP contribution < -0.4 is 14.4 Å². The van der Waals surface area contributed by atoms with Gasteiger partial charge < -0.3 is 14.4 Å². The number of piperazine rings is 1. The van der Waals surface area contributed by atoms with Crippen LogP contribution in [0.3, 0.4) is 0 Å². The Hall–Kier alpha value is -2.58. The lowest BCUT2D eigenvalue weighted by atomic mass is 10.0. The maximum absolute atomic E-state index is 13.1. The second-order valence-corrected chi connectivity index (χ2v) is 9.86. The predicted octanol–water partition coefficient (Wildman–Crippen LogP) is 1.76. The number of fused-ring (bicyclic) bond motifs is 1. The molecule has 0 aromatic heterocycles. The number of anilines is 1. The van der Waals surface area contributed by atoms with E-state index in [4.69, 9.17) is 9.47 Å². The molecule has 0 spiro atoms. The topological polar surface area (TPSA) is 76.2 Å². The van der Waals surface area contributed by atoms with Gasteiger partial charge in [0.15, 0.2) is 9.84 Å². The molecule has 7 nitrogen and oxygen atoms in total. The Morgan fingerprint density at radius 1 is 0.967 bits per heavy atom. The zero-order valence-electron chi connectivity index (χ0n) is 17.2. The first-order chi connectivity index (χ1) is 14.4. The van der Waals surface area contributed by atoms with Gasteiger partial charge in [-0.15, -0.1) is 0 Å². The van der Waals surface area contributed by atoms with E-state index in [0.717, 1.165) is 11.3 Å². The minimum atomic E-state index is -3.22. The van der Waals surface area contributed by atoms with Gasteiger partial charge in [-0.2, -0.15) is 0 Å². The fourth-order valence-electron chi connectivity index (χ4n) is 4.45. The van der Waals surface area contributed by atoms with Crippen molar-refractivity contribution < 1.29 is 22.7 Å². The van der Waals surface area contributed by atoms with Crippen molar-refractivity contribution in [2.24, 2.45) is 0 Å². The molecule has 2 aliphatic heterocycles. The van der Waals surface area contributed by atoms with E-state index in [0.29, 0.717) is 24.4 Å². The van der Waals surface area contributed by atoms with Crippen LogP contribution in [0.2, 0.25) is 0 Å². The van der Waals surface area contributed by atoms with Crippen LogP contribution in [0.1, 0.15) is 5.56 Å². The number of carbonyl (C=O) groups is 1. The van der Waals surface area contributed by atoms with Gasteiger partial charge in [0.05, 0.1) is 38.3 Å². The van der Waals surface area contributed by atoms with E-state index >= 15 is 0 Å². The highest BCUT2D eigenvalue weighted by atomic mass is 32.2. The molecule has 0 N–H and O–H groups in total. The normalized spacial score (nSPS) is 23.3. The number of hydrogen-bond acceptors (Lipinski definition) is 6. The minimum Gasteiger partial charge on any atom is -0.497 e. The summed E-state index contributed by atoms with van der Waals surface area (Å²) in [5, 5.41) is 0. The number of para-hydroxylation sites is 1. The van der Waals surface area contributed by atoms with Crippen molar-refractivity contribution in [2.45, 2.75) is 18.5 Å². The third-order valence-corrected chi connectivity index (χ3v) is 7.61. The van der Waals surface area contributed by atoms with Gasteiger partial charge in [-0.3, -0.25) is 9.69 Å². The zero-order chi connectivity index (χ0) is 21.3. The van der Waals surface area contributed by atoms with E-state index in [2.05, 4.69) is 0 Å². The average molecular weight is 431 g/mol. The Balaban J connectivity index is 1.57. The van der Waals surface area contributed by atoms with Gasteiger partial charge in [-0.25, -0.2) is 8.42 Å². The fourth-order valence-corrected chi connectivity index (χ4v) is 6.44. The Labute approximate surface area is 177 Å². The largest absolute Gasteiger partial charge is 0.497 e. The van der Waals surface area contributed by atoms with Crippen LogP contribution in [0.25, 0.3) is 0 Å². The molecular weight excluding hydrogens is 404 g/mol. The highest BCUT2D eigenvalue weighted by Gasteiger charge is 2.49. The van der Waals surface area contributed by atoms with Gasteiger partial charge in [-0.1, -0.05) is 18.2 Å². The van der Waals surface area contributed by atoms with Gasteiger partial charge in [0.1, 0.15) is 11.5 Å². The van der Waals surface area contributed by atoms with Crippen molar-refractivity contribution in [1.82, 2.24) is 4.90 Å². The zero-order valence-corrected chi connectivity index (χ0v) is 18.0. The quantitative estimate of drug-likeness (QED) is 0.695. The van der Waals surface area contributed by atoms with Gasteiger partial charge in [0.2, 0.25) is 5.91 Å². The van der Waals surface area contributed by atoms with E-state index < -0.39 is 9.84 Å². The SMILES string of the molecule is COc1ccc(N2C(=O)CN(CCc3ccccc3OC)[C@@H]3CS(=O)(=O)C[C@@H]32)cc1.